The lowest BCUT2D eigenvalue weighted by Gasteiger charge is -2.20. The third kappa shape index (κ3) is 10.9. The zero-order valence-corrected chi connectivity index (χ0v) is 18.9. The summed E-state index contributed by atoms with van der Waals surface area (Å²) < 4.78 is 6.98. The molecule has 0 spiro atoms. The Hall–Kier alpha value is -2.09. The third-order valence-corrected chi connectivity index (χ3v) is 4.24. The van der Waals surface area contributed by atoms with Crippen LogP contribution in [0, 0.1) is 0 Å². The van der Waals surface area contributed by atoms with Crippen LogP contribution in [0.5, 0.6) is 0 Å². The van der Waals surface area contributed by atoms with Gasteiger partial charge in [-0.3, -0.25) is 9.48 Å². The molecule has 3 N–H and O–H groups in total. The highest BCUT2D eigenvalue weighted by atomic mass is 16.6. The maximum absolute atomic E-state index is 11.7. The highest BCUT2D eigenvalue weighted by Crippen LogP contribution is 2.19. The standard InChI is InChI=1S/C21H39N5O3/c1-7-22-19(24-16-21(5,28)17-14-25-26(6)15-17)23-13-11-9-8-10-12-18(27)29-20(2,3)4/h14-15,28H,7-13,16H2,1-6H3,(H2,22,23,24). The molecule has 0 amide bonds. The molecule has 1 rings (SSSR count). The number of aryl methyl sites for hydroxylation is 1. The van der Waals surface area contributed by atoms with Gasteiger partial charge in [0.15, 0.2) is 5.96 Å². The van der Waals surface area contributed by atoms with Crippen molar-refractivity contribution < 1.29 is 14.6 Å². The molecule has 0 aliphatic heterocycles. The van der Waals surface area contributed by atoms with Gasteiger partial charge in [0.2, 0.25) is 0 Å². The van der Waals surface area contributed by atoms with E-state index in [2.05, 4.69) is 20.7 Å². The van der Waals surface area contributed by atoms with E-state index >= 15 is 0 Å². The van der Waals surface area contributed by atoms with E-state index in [1.807, 2.05) is 34.7 Å². The third-order valence-electron chi connectivity index (χ3n) is 4.24. The number of guanidine groups is 1. The van der Waals surface area contributed by atoms with Gasteiger partial charge in [0.1, 0.15) is 11.2 Å². The van der Waals surface area contributed by atoms with Gasteiger partial charge in [-0.1, -0.05) is 12.8 Å². The fourth-order valence-corrected chi connectivity index (χ4v) is 2.71. The lowest BCUT2D eigenvalue weighted by Crippen LogP contribution is -2.39. The van der Waals surface area contributed by atoms with Crippen LogP contribution in [0.25, 0.3) is 0 Å². The van der Waals surface area contributed by atoms with Gasteiger partial charge in [-0.05, 0) is 47.5 Å². The summed E-state index contributed by atoms with van der Waals surface area (Å²) in [5, 5.41) is 21.2. The molecule has 0 radical (unpaired) electrons. The molecule has 1 unspecified atom stereocenters. The Labute approximate surface area is 175 Å². The van der Waals surface area contributed by atoms with Crippen LogP contribution in [0.1, 0.15) is 72.3 Å². The molecule has 0 aliphatic rings. The Balaban J connectivity index is 2.30. The molecule has 0 aliphatic carbocycles. The van der Waals surface area contributed by atoms with Crippen molar-refractivity contribution in [1.29, 1.82) is 0 Å². The Morgan fingerprint density at radius 1 is 1.21 bits per heavy atom. The van der Waals surface area contributed by atoms with Crippen LogP contribution in [0.15, 0.2) is 17.4 Å². The van der Waals surface area contributed by atoms with E-state index in [0.717, 1.165) is 44.3 Å². The number of rotatable bonds is 11. The Morgan fingerprint density at radius 3 is 2.48 bits per heavy atom. The van der Waals surface area contributed by atoms with Crippen molar-refractivity contribution in [3.05, 3.63) is 18.0 Å². The van der Waals surface area contributed by atoms with Crippen molar-refractivity contribution in [2.24, 2.45) is 12.0 Å². The van der Waals surface area contributed by atoms with E-state index in [9.17, 15) is 9.90 Å². The summed E-state index contributed by atoms with van der Waals surface area (Å²) in [6, 6.07) is 0. The van der Waals surface area contributed by atoms with Crippen LogP contribution in [0.3, 0.4) is 0 Å². The van der Waals surface area contributed by atoms with Gasteiger partial charge in [0.25, 0.3) is 0 Å². The summed E-state index contributed by atoms with van der Waals surface area (Å²) in [5.74, 6) is 0.559. The van der Waals surface area contributed by atoms with E-state index in [1.165, 1.54) is 0 Å². The summed E-state index contributed by atoms with van der Waals surface area (Å²) >= 11 is 0. The van der Waals surface area contributed by atoms with Crippen LogP contribution >= 0.6 is 0 Å². The molecule has 0 bridgehead atoms. The van der Waals surface area contributed by atoms with Crippen LogP contribution in [0.4, 0.5) is 0 Å². The average molecular weight is 410 g/mol. The number of ether oxygens (including phenoxy) is 1. The first-order chi connectivity index (χ1) is 13.5. The lowest BCUT2D eigenvalue weighted by atomic mass is 10.0. The minimum atomic E-state index is -1.07. The zero-order chi connectivity index (χ0) is 21.9. The summed E-state index contributed by atoms with van der Waals surface area (Å²) in [6.45, 7) is 11.2. The van der Waals surface area contributed by atoms with Crippen molar-refractivity contribution in [2.75, 3.05) is 19.6 Å². The largest absolute Gasteiger partial charge is 0.460 e. The Morgan fingerprint density at radius 2 is 1.90 bits per heavy atom. The highest BCUT2D eigenvalue weighted by Gasteiger charge is 2.24. The van der Waals surface area contributed by atoms with Gasteiger partial charge in [0.05, 0.1) is 12.7 Å². The first-order valence-corrected chi connectivity index (χ1v) is 10.5. The molecule has 1 aromatic rings. The predicted octanol–water partition coefficient (Wildman–Crippen LogP) is 2.47. The molecule has 0 fully saturated rings. The second-order valence-electron chi connectivity index (χ2n) is 8.55. The van der Waals surface area contributed by atoms with E-state index in [0.29, 0.717) is 12.4 Å². The monoisotopic (exact) mass is 409 g/mol. The number of aliphatic hydroxyl groups is 1. The van der Waals surface area contributed by atoms with Crippen molar-refractivity contribution in [2.45, 2.75) is 77.9 Å². The maximum Gasteiger partial charge on any atom is 0.306 e. The maximum atomic E-state index is 11.7. The topological polar surface area (TPSA) is 101 Å². The summed E-state index contributed by atoms with van der Waals surface area (Å²) in [4.78, 5) is 16.2. The van der Waals surface area contributed by atoms with Crippen LogP contribution in [0.2, 0.25) is 0 Å². The fourth-order valence-electron chi connectivity index (χ4n) is 2.71. The quantitative estimate of drug-likeness (QED) is 0.225. The SMILES string of the molecule is CCNC(=NCC(C)(O)c1cnn(C)c1)NCCCCCCC(=O)OC(C)(C)C. The second-order valence-corrected chi connectivity index (χ2v) is 8.55. The number of aliphatic imine (C=N–C) groups is 1. The highest BCUT2D eigenvalue weighted by molar-refractivity contribution is 5.79. The first kappa shape index (κ1) is 24.9. The van der Waals surface area contributed by atoms with Gasteiger partial charge in [-0.2, -0.15) is 5.10 Å². The second kappa shape index (κ2) is 11.8. The number of aromatic nitrogens is 2. The summed E-state index contributed by atoms with van der Waals surface area (Å²) in [7, 11) is 1.82. The number of nitrogens with one attached hydrogen (secondary N) is 2. The van der Waals surface area contributed by atoms with Crippen molar-refractivity contribution in [1.82, 2.24) is 20.4 Å². The molecule has 8 heteroatoms. The van der Waals surface area contributed by atoms with Crippen molar-refractivity contribution in [3.8, 4) is 0 Å². The molecular formula is C21H39N5O3. The zero-order valence-electron chi connectivity index (χ0n) is 18.9. The van der Waals surface area contributed by atoms with E-state index in [-0.39, 0.29) is 12.5 Å². The van der Waals surface area contributed by atoms with E-state index < -0.39 is 11.2 Å². The van der Waals surface area contributed by atoms with Crippen molar-refractivity contribution in [3.63, 3.8) is 0 Å². The van der Waals surface area contributed by atoms with Crippen molar-refractivity contribution >= 4 is 11.9 Å². The number of carbonyl (C=O) groups is 1. The number of hydrogen-bond acceptors (Lipinski definition) is 5. The fraction of sp³-hybridized carbons (Fsp3) is 0.762. The number of unbranched alkanes of at least 4 members (excludes halogenated alkanes) is 3. The number of nitrogens with zero attached hydrogens (tertiary/aromatic N) is 3. The Kier molecular flexibility index (Phi) is 10.2. The number of hydrogen-bond donors (Lipinski definition) is 3. The number of carbonyl (C=O) groups excluding carboxylic acids is 1. The smallest absolute Gasteiger partial charge is 0.306 e. The number of esters is 1. The molecule has 0 saturated heterocycles. The minimum Gasteiger partial charge on any atom is -0.460 e. The van der Waals surface area contributed by atoms with Gasteiger partial charge >= 0.3 is 5.97 Å². The molecule has 0 aromatic carbocycles. The summed E-state index contributed by atoms with van der Waals surface area (Å²) in [6.07, 6.45) is 7.78. The average Bonchev–Trinajstić information content (AvgIpc) is 3.04. The van der Waals surface area contributed by atoms with Gasteiger partial charge in [-0.15, -0.1) is 0 Å². The molecule has 166 valence electrons. The normalized spacial score (nSPS) is 14.4. The minimum absolute atomic E-state index is 0.127. The van der Waals surface area contributed by atoms with Gasteiger partial charge < -0.3 is 20.5 Å². The summed E-state index contributed by atoms with van der Waals surface area (Å²) in [5.41, 5.74) is -0.743. The van der Waals surface area contributed by atoms with Gasteiger partial charge in [0, 0.05) is 38.3 Å². The molecule has 1 atom stereocenters. The molecule has 8 nitrogen and oxygen atoms in total. The van der Waals surface area contributed by atoms with E-state index in [1.54, 1.807) is 24.0 Å². The first-order valence-electron chi connectivity index (χ1n) is 10.5. The molecule has 0 saturated carbocycles. The van der Waals surface area contributed by atoms with Crippen LogP contribution in [-0.4, -0.2) is 52.1 Å². The molecule has 1 aromatic heterocycles. The van der Waals surface area contributed by atoms with Gasteiger partial charge in [-0.25, -0.2) is 4.99 Å². The van der Waals surface area contributed by atoms with Crippen LogP contribution in [-0.2, 0) is 22.2 Å². The predicted molar refractivity (Wildman–Crippen MR) is 116 cm³/mol. The van der Waals surface area contributed by atoms with E-state index in [4.69, 9.17) is 4.74 Å². The molecular weight excluding hydrogens is 370 g/mol. The van der Waals surface area contributed by atoms with Crippen LogP contribution < -0.4 is 10.6 Å². The molecule has 1 heterocycles. The molecule has 29 heavy (non-hydrogen) atoms. The Bertz CT molecular complexity index is 647. The lowest BCUT2D eigenvalue weighted by molar-refractivity contribution is -0.154.